The zero-order chi connectivity index (χ0) is 20.0. The van der Waals surface area contributed by atoms with Crippen LogP contribution in [-0.2, 0) is 14.4 Å². The number of para-hydroxylation sites is 2. The summed E-state index contributed by atoms with van der Waals surface area (Å²) in [5.41, 5.74) is 2.37. The van der Waals surface area contributed by atoms with Crippen LogP contribution in [0.15, 0.2) is 84.9 Å². The average Bonchev–Trinajstić information content (AvgIpc) is 3.26. The molecule has 3 atom stereocenters. The van der Waals surface area contributed by atoms with Crippen molar-refractivity contribution in [2.75, 3.05) is 9.96 Å². The zero-order valence-corrected chi connectivity index (χ0v) is 17.5. The lowest BCUT2D eigenvalue weighted by molar-refractivity contribution is -0.126. The Morgan fingerprint density at radius 2 is 1.38 bits per heavy atom. The van der Waals surface area contributed by atoms with Crippen LogP contribution < -0.4 is 9.96 Å². The number of rotatable bonds is 3. The first-order valence-electron chi connectivity index (χ1n) is 9.35. The van der Waals surface area contributed by atoms with Crippen molar-refractivity contribution < 1.29 is 14.4 Å². The van der Waals surface area contributed by atoms with E-state index in [1.54, 1.807) is 11.1 Å². The molecule has 0 N–H and O–H groups in total. The molecule has 5 rings (SSSR count). The molecule has 144 valence electrons. The summed E-state index contributed by atoms with van der Waals surface area (Å²) in [6, 6.07) is 26.4. The Hall–Kier alpha value is -2.71. The molecule has 0 spiro atoms. The SMILES string of the molecule is O=C1[C@H]2[C@@H](c3ccccc3)N(c3ccccc3)O[C@H]2C(=O)N1c1ccccc1I. The van der Waals surface area contributed by atoms with E-state index in [1.165, 1.54) is 4.90 Å². The third-order valence-electron chi connectivity index (χ3n) is 5.36. The summed E-state index contributed by atoms with van der Waals surface area (Å²) < 4.78 is 0.850. The third-order valence-corrected chi connectivity index (χ3v) is 6.27. The number of hydrogen-bond donors (Lipinski definition) is 0. The highest BCUT2D eigenvalue weighted by atomic mass is 127. The molecule has 2 saturated heterocycles. The largest absolute Gasteiger partial charge is 0.273 e. The van der Waals surface area contributed by atoms with E-state index >= 15 is 0 Å². The van der Waals surface area contributed by atoms with Gasteiger partial charge in [-0.3, -0.25) is 14.4 Å². The second kappa shape index (κ2) is 7.27. The Morgan fingerprint density at radius 3 is 2.07 bits per heavy atom. The minimum atomic E-state index is -0.844. The molecule has 2 fully saturated rings. The maximum atomic E-state index is 13.5. The van der Waals surface area contributed by atoms with Gasteiger partial charge in [0.15, 0.2) is 6.10 Å². The van der Waals surface area contributed by atoms with E-state index in [1.807, 2.05) is 78.9 Å². The highest BCUT2D eigenvalue weighted by molar-refractivity contribution is 14.1. The van der Waals surface area contributed by atoms with Crippen molar-refractivity contribution in [3.8, 4) is 0 Å². The molecule has 0 aliphatic carbocycles. The van der Waals surface area contributed by atoms with Gasteiger partial charge in [-0.2, -0.15) is 0 Å². The first-order valence-corrected chi connectivity index (χ1v) is 10.4. The molecule has 0 aromatic heterocycles. The number of benzene rings is 3. The van der Waals surface area contributed by atoms with Gasteiger partial charge in [-0.1, -0.05) is 60.7 Å². The summed E-state index contributed by atoms with van der Waals surface area (Å²) in [4.78, 5) is 34.2. The van der Waals surface area contributed by atoms with Gasteiger partial charge in [-0.25, -0.2) is 9.96 Å². The fraction of sp³-hybridized carbons (Fsp3) is 0.130. The number of imide groups is 1. The van der Waals surface area contributed by atoms with Gasteiger partial charge in [0.25, 0.3) is 5.91 Å². The summed E-state index contributed by atoms with van der Waals surface area (Å²) in [6.45, 7) is 0. The summed E-state index contributed by atoms with van der Waals surface area (Å²) >= 11 is 2.15. The number of halogens is 1. The van der Waals surface area contributed by atoms with Crippen LogP contribution >= 0.6 is 22.6 Å². The third kappa shape index (κ3) is 2.94. The number of carbonyl (C=O) groups is 2. The van der Waals surface area contributed by atoms with Gasteiger partial charge in [-0.15, -0.1) is 0 Å². The summed E-state index contributed by atoms with van der Waals surface area (Å²) in [7, 11) is 0. The van der Waals surface area contributed by atoms with Crippen molar-refractivity contribution in [1.82, 2.24) is 0 Å². The Morgan fingerprint density at radius 1 is 0.759 bits per heavy atom. The van der Waals surface area contributed by atoms with Gasteiger partial charge in [0, 0.05) is 3.57 Å². The highest BCUT2D eigenvalue weighted by Gasteiger charge is 2.60. The molecular formula is C23H17IN2O3. The number of nitrogens with zero attached hydrogens (tertiary/aromatic N) is 2. The fourth-order valence-electron chi connectivity index (χ4n) is 4.07. The predicted octanol–water partition coefficient (Wildman–Crippen LogP) is 4.34. The molecule has 0 saturated carbocycles. The second-order valence-corrected chi connectivity index (χ2v) is 8.19. The van der Waals surface area contributed by atoms with Gasteiger partial charge in [-0.05, 0) is 52.4 Å². The molecule has 3 aromatic carbocycles. The minimum absolute atomic E-state index is 0.226. The van der Waals surface area contributed by atoms with Crippen molar-refractivity contribution in [3.05, 3.63) is 94.1 Å². The standard InChI is InChI=1S/C23H17IN2O3/c24-17-13-7-8-14-18(17)25-22(27)19-20(15-9-3-1-4-10-15)26(29-21(19)23(25)28)16-11-5-2-6-12-16/h1-14,19-21H/t19-,20+,21+/m0/s1. The fourth-order valence-corrected chi connectivity index (χ4v) is 4.70. The Labute approximate surface area is 182 Å². The van der Waals surface area contributed by atoms with Crippen molar-refractivity contribution in [3.63, 3.8) is 0 Å². The lowest BCUT2D eigenvalue weighted by Gasteiger charge is -2.28. The second-order valence-electron chi connectivity index (χ2n) is 7.03. The van der Waals surface area contributed by atoms with E-state index in [0.29, 0.717) is 5.69 Å². The molecule has 2 aliphatic heterocycles. The molecule has 2 amide bonds. The molecule has 5 nitrogen and oxygen atoms in total. The minimum Gasteiger partial charge on any atom is -0.273 e. The molecule has 0 bridgehead atoms. The van der Waals surface area contributed by atoms with Gasteiger partial charge in [0.2, 0.25) is 5.91 Å². The monoisotopic (exact) mass is 496 g/mol. The van der Waals surface area contributed by atoms with Crippen LogP contribution in [0, 0.1) is 9.49 Å². The van der Waals surface area contributed by atoms with E-state index < -0.39 is 12.0 Å². The normalized spacial score (nSPS) is 23.6. The summed E-state index contributed by atoms with van der Waals surface area (Å²) in [5, 5.41) is 1.72. The molecule has 2 aliphatic rings. The van der Waals surface area contributed by atoms with Crippen molar-refractivity contribution in [2.45, 2.75) is 12.1 Å². The Bertz CT molecular complexity index is 1070. The Kier molecular flexibility index (Phi) is 4.60. The predicted molar refractivity (Wildman–Crippen MR) is 118 cm³/mol. The molecule has 3 aromatic rings. The number of anilines is 2. The maximum Gasteiger partial charge on any atom is 0.266 e. The van der Waals surface area contributed by atoms with Gasteiger partial charge in [0.1, 0.15) is 5.92 Å². The van der Waals surface area contributed by atoms with Crippen LogP contribution in [-0.4, -0.2) is 17.9 Å². The lowest BCUT2D eigenvalue weighted by Crippen LogP contribution is -2.37. The molecule has 29 heavy (non-hydrogen) atoms. The van der Waals surface area contributed by atoms with Crippen LogP contribution in [0.2, 0.25) is 0 Å². The summed E-state index contributed by atoms with van der Waals surface area (Å²) in [5.74, 6) is -1.15. The van der Waals surface area contributed by atoms with E-state index in [0.717, 1.165) is 14.8 Å². The van der Waals surface area contributed by atoms with Crippen LogP contribution in [0.1, 0.15) is 11.6 Å². The quantitative estimate of drug-likeness (QED) is 0.400. The van der Waals surface area contributed by atoms with Gasteiger partial charge < -0.3 is 0 Å². The highest BCUT2D eigenvalue weighted by Crippen LogP contribution is 2.47. The van der Waals surface area contributed by atoms with E-state index in [4.69, 9.17) is 4.84 Å². The number of carbonyl (C=O) groups excluding carboxylic acids is 2. The number of amides is 2. The van der Waals surface area contributed by atoms with Gasteiger partial charge >= 0.3 is 0 Å². The van der Waals surface area contributed by atoms with Crippen LogP contribution in [0.5, 0.6) is 0 Å². The Balaban J connectivity index is 1.60. The van der Waals surface area contributed by atoms with Crippen molar-refractivity contribution in [1.29, 1.82) is 0 Å². The van der Waals surface area contributed by atoms with E-state index in [2.05, 4.69) is 22.6 Å². The number of hydrogen-bond acceptors (Lipinski definition) is 4. The number of fused-ring (bicyclic) bond motifs is 1. The number of hydroxylamine groups is 1. The zero-order valence-electron chi connectivity index (χ0n) is 15.3. The summed E-state index contributed by atoms with van der Waals surface area (Å²) in [6.07, 6.45) is -0.844. The van der Waals surface area contributed by atoms with Crippen molar-refractivity contribution >= 4 is 45.8 Å². The first-order chi connectivity index (χ1) is 14.2. The molecule has 0 unspecified atom stereocenters. The molecule has 2 heterocycles. The molecule has 0 radical (unpaired) electrons. The van der Waals surface area contributed by atoms with Crippen LogP contribution in [0.3, 0.4) is 0 Å². The first kappa shape index (κ1) is 18.3. The molecular weight excluding hydrogens is 479 g/mol. The van der Waals surface area contributed by atoms with Gasteiger partial charge in [0.05, 0.1) is 17.4 Å². The van der Waals surface area contributed by atoms with Crippen molar-refractivity contribution in [2.24, 2.45) is 5.92 Å². The lowest BCUT2D eigenvalue weighted by atomic mass is 9.90. The maximum absolute atomic E-state index is 13.5. The van der Waals surface area contributed by atoms with E-state index in [9.17, 15) is 9.59 Å². The topological polar surface area (TPSA) is 49.9 Å². The molecule has 6 heteroatoms. The van der Waals surface area contributed by atoms with Crippen LogP contribution in [0.25, 0.3) is 0 Å². The van der Waals surface area contributed by atoms with Crippen LogP contribution in [0.4, 0.5) is 11.4 Å². The van der Waals surface area contributed by atoms with E-state index in [-0.39, 0.29) is 17.9 Å². The smallest absolute Gasteiger partial charge is 0.266 e. The average molecular weight is 496 g/mol.